The lowest BCUT2D eigenvalue weighted by Crippen LogP contribution is -2.16. The van der Waals surface area contributed by atoms with Crippen LogP contribution in [0.1, 0.15) is 38.4 Å². The Morgan fingerprint density at radius 2 is 2.15 bits per heavy atom. The second kappa shape index (κ2) is 6.95. The molecule has 112 valence electrons. The van der Waals surface area contributed by atoms with Crippen molar-refractivity contribution in [3.05, 3.63) is 23.8 Å². The van der Waals surface area contributed by atoms with Crippen molar-refractivity contribution in [2.75, 3.05) is 20.3 Å². The number of hydrogen-bond donors (Lipinski definition) is 1. The van der Waals surface area contributed by atoms with Crippen LogP contribution in [0.4, 0.5) is 0 Å². The highest BCUT2D eigenvalue weighted by molar-refractivity contribution is 5.43. The molecular formula is C16H24O4. The van der Waals surface area contributed by atoms with Gasteiger partial charge in [0.05, 0.1) is 26.4 Å². The molecule has 2 rings (SSSR count). The van der Waals surface area contributed by atoms with Gasteiger partial charge in [0.1, 0.15) is 6.10 Å². The fourth-order valence-corrected chi connectivity index (χ4v) is 2.36. The van der Waals surface area contributed by atoms with E-state index in [1.807, 2.05) is 18.2 Å². The average molecular weight is 280 g/mol. The van der Waals surface area contributed by atoms with Crippen LogP contribution >= 0.6 is 0 Å². The molecule has 1 aromatic carbocycles. The van der Waals surface area contributed by atoms with Crippen LogP contribution in [0.3, 0.4) is 0 Å². The van der Waals surface area contributed by atoms with E-state index in [0.717, 1.165) is 25.0 Å². The Bertz CT molecular complexity index is 424. The zero-order valence-electron chi connectivity index (χ0n) is 12.5. The zero-order chi connectivity index (χ0) is 14.5. The summed E-state index contributed by atoms with van der Waals surface area (Å²) in [5.74, 6) is 1.82. The molecule has 1 saturated heterocycles. The Kier molecular flexibility index (Phi) is 5.26. The first-order valence-corrected chi connectivity index (χ1v) is 7.20. The van der Waals surface area contributed by atoms with Gasteiger partial charge in [-0.3, -0.25) is 0 Å². The quantitative estimate of drug-likeness (QED) is 0.870. The first-order chi connectivity index (χ1) is 9.60. The summed E-state index contributed by atoms with van der Waals surface area (Å²) in [6.07, 6.45) is 1.23. The Hall–Kier alpha value is -1.26. The molecule has 4 nitrogen and oxygen atoms in total. The lowest BCUT2D eigenvalue weighted by Gasteiger charge is -2.18. The summed E-state index contributed by atoms with van der Waals surface area (Å²) in [4.78, 5) is 0. The first kappa shape index (κ1) is 15.1. The van der Waals surface area contributed by atoms with Gasteiger partial charge in [-0.05, 0) is 30.0 Å². The van der Waals surface area contributed by atoms with Crippen molar-refractivity contribution in [3.8, 4) is 11.5 Å². The Balaban J connectivity index is 2.14. The third-order valence-corrected chi connectivity index (χ3v) is 3.45. The fourth-order valence-electron chi connectivity index (χ4n) is 2.36. The van der Waals surface area contributed by atoms with Gasteiger partial charge in [0.2, 0.25) is 0 Å². The summed E-state index contributed by atoms with van der Waals surface area (Å²) in [7, 11) is 1.62. The Morgan fingerprint density at radius 1 is 1.35 bits per heavy atom. The molecule has 2 atom stereocenters. The van der Waals surface area contributed by atoms with Crippen molar-refractivity contribution < 1.29 is 19.3 Å². The van der Waals surface area contributed by atoms with Gasteiger partial charge in [0.15, 0.2) is 11.5 Å². The minimum Gasteiger partial charge on any atom is -0.493 e. The smallest absolute Gasteiger partial charge is 0.162 e. The van der Waals surface area contributed by atoms with Crippen molar-refractivity contribution in [1.29, 1.82) is 0 Å². The highest BCUT2D eigenvalue weighted by atomic mass is 16.6. The third-order valence-electron chi connectivity index (χ3n) is 3.45. The summed E-state index contributed by atoms with van der Waals surface area (Å²) in [6, 6.07) is 5.62. The molecular weight excluding hydrogens is 256 g/mol. The molecule has 1 fully saturated rings. The second-order valence-electron chi connectivity index (χ2n) is 5.66. The second-order valence-corrected chi connectivity index (χ2v) is 5.66. The van der Waals surface area contributed by atoms with Gasteiger partial charge in [0.25, 0.3) is 0 Å². The molecule has 1 aliphatic heterocycles. The van der Waals surface area contributed by atoms with E-state index in [4.69, 9.17) is 14.2 Å². The minimum absolute atomic E-state index is 0.0707. The van der Waals surface area contributed by atoms with Gasteiger partial charge in [-0.2, -0.15) is 0 Å². The molecule has 2 unspecified atom stereocenters. The van der Waals surface area contributed by atoms with Crippen molar-refractivity contribution >= 4 is 0 Å². The molecule has 0 amide bonds. The lowest BCUT2D eigenvalue weighted by atomic mass is 9.99. The predicted molar refractivity (Wildman–Crippen MR) is 77.3 cm³/mol. The molecule has 0 bridgehead atoms. The van der Waals surface area contributed by atoms with Gasteiger partial charge in [-0.1, -0.05) is 19.9 Å². The largest absolute Gasteiger partial charge is 0.493 e. The van der Waals surface area contributed by atoms with E-state index in [9.17, 15) is 5.11 Å². The molecule has 0 aliphatic carbocycles. The Morgan fingerprint density at radius 3 is 2.75 bits per heavy atom. The Labute approximate surface area is 120 Å². The number of aliphatic hydroxyl groups excluding tert-OH is 1. The maximum Gasteiger partial charge on any atom is 0.162 e. The number of ether oxygens (including phenoxy) is 3. The molecule has 20 heavy (non-hydrogen) atoms. The number of methoxy groups -OCH3 is 1. The molecule has 0 spiro atoms. The zero-order valence-corrected chi connectivity index (χ0v) is 12.5. The van der Waals surface area contributed by atoms with Gasteiger partial charge >= 0.3 is 0 Å². The van der Waals surface area contributed by atoms with Crippen LogP contribution in [-0.2, 0) is 4.74 Å². The van der Waals surface area contributed by atoms with Crippen LogP contribution in [-0.4, -0.2) is 31.5 Å². The van der Waals surface area contributed by atoms with Crippen molar-refractivity contribution in [2.45, 2.75) is 38.9 Å². The first-order valence-electron chi connectivity index (χ1n) is 7.20. The van der Waals surface area contributed by atoms with Crippen molar-refractivity contribution in [2.24, 2.45) is 5.92 Å². The predicted octanol–water partition coefficient (Wildman–Crippen LogP) is 2.94. The van der Waals surface area contributed by atoms with Crippen molar-refractivity contribution in [3.63, 3.8) is 0 Å². The normalized spacial score (nSPS) is 20.1. The lowest BCUT2D eigenvalue weighted by molar-refractivity contribution is 0.136. The number of aliphatic hydroxyl groups is 1. The molecule has 1 aliphatic rings. The van der Waals surface area contributed by atoms with Gasteiger partial charge in [-0.15, -0.1) is 0 Å². The van der Waals surface area contributed by atoms with Crippen molar-refractivity contribution in [1.82, 2.24) is 0 Å². The van der Waals surface area contributed by atoms with E-state index in [2.05, 4.69) is 13.8 Å². The van der Waals surface area contributed by atoms with E-state index in [1.165, 1.54) is 0 Å². The van der Waals surface area contributed by atoms with Gasteiger partial charge in [-0.25, -0.2) is 0 Å². The molecule has 0 aromatic heterocycles. The molecule has 0 saturated carbocycles. The summed E-state index contributed by atoms with van der Waals surface area (Å²) in [5.41, 5.74) is 0.869. The third kappa shape index (κ3) is 3.87. The minimum atomic E-state index is -0.469. The fraction of sp³-hybridized carbons (Fsp3) is 0.625. The van der Waals surface area contributed by atoms with E-state index < -0.39 is 6.10 Å². The highest BCUT2D eigenvalue weighted by Gasteiger charge is 2.20. The van der Waals surface area contributed by atoms with Crippen LogP contribution < -0.4 is 9.47 Å². The van der Waals surface area contributed by atoms with Gasteiger partial charge in [0, 0.05) is 6.42 Å². The van der Waals surface area contributed by atoms with E-state index in [-0.39, 0.29) is 6.10 Å². The standard InChI is InChI=1S/C16H24O4/c1-11(2)8-14(17)12-4-5-15(18-3)16(9-12)20-13-6-7-19-10-13/h4-5,9,11,13-14,17H,6-8,10H2,1-3H3. The topological polar surface area (TPSA) is 47.9 Å². The van der Waals surface area contributed by atoms with Gasteiger partial charge < -0.3 is 19.3 Å². The van der Waals surface area contributed by atoms with E-state index in [0.29, 0.717) is 24.0 Å². The molecule has 1 aromatic rings. The van der Waals surface area contributed by atoms with Crippen LogP contribution in [0.25, 0.3) is 0 Å². The van der Waals surface area contributed by atoms with Crippen LogP contribution in [0.2, 0.25) is 0 Å². The molecule has 4 heteroatoms. The maximum atomic E-state index is 10.2. The summed E-state index contributed by atoms with van der Waals surface area (Å²) < 4.78 is 16.6. The maximum absolute atomic E-state index is 10.2. The van der Waals surface area contributed by atoms with E-state index >= 15 is 0 Å². The number of hydrogen-bond acceptors (Lipinski definition) is 4. The summed E-state index contributed by atoms with van der Waals surface area (Å²) >= 11 is 0. The van der Waals surface area contributed by atoms with E-state index in [1.54, 1.807) is 7.11 Å². The number of benzene rings is 1. The average Bonchev–Trinajstić information content (AvgIpc) is 2.90. The summed E-state index contributed by atoms with van der Waals surface area (Å²) in [6.45, 7) is 5.55. The summed E-state index contributed by atoms with van der Waals surface area (Å²) in [5, 5.41) is 10.2. The highest BCUT2D eigenvalue weighted by Crippen LogP contribution is 2.33. The number of rotatable bonds is 6. The SMILES string of the molecule is COc1ccc(C(O)CC(C)C)cc1OC1CCOC1. The molecule has 0 radical (unpaired) electrons. The monoisotopic (exact) mass is 280 g/mol. The van der Waals surface area contributed by atoms with Crippen LogP contribution in [0.5, 0.6) is 11.5 Å². The molecule has 1 heterocycles. The van der Waals surface area contributed by atoms with Crippen LogP contribution in [0.15, 0.2) is 18.2 Å². The van der Waals surface area contributed by atoms with Crippen LogP contribution in [0, 0.1) is 5.92 Å². The molecule has 1 N–H and O–H groups in total.